The second-order valence-electron chi connectivity index (χ2n) is 6.90. The third-order valence-corrected chi connectivity index (χ3v) is 4.38. The van der Waals surface area contributed by atoms with Gasteiger partial charge in [0.05, 0.1) is 6.61 Å². The van der Waals surface area contributed by atoms with Crippen molar-refractivity contribution in [3.63, 3.8) is 0 Å². The standard InChI is InChI=1S/C17H29NO3S/c1-5-8-17(13-19,9-6-14-7-10-22-11-14)12-18-15(20)21-16(2,3)4/h7,10-11,19H,5-6,8-9,12-13H2,1-4H3,(H,18,20). The van der Waals surface area contributed by atoms with Crippen LogP contribution in [0.3, 0.4) is 0 Å². The first kappa shape index (κ1) is 19.0. The number of aryl methyl sites for hydroxylation is 1. The van der Waals surface area contributed by atoms with Crippen LogP contribution in [0.1, 0.15) is 52.5 Å². The number of amides is 1. The van der Waals surface area contributed by atoms with Crippen LogP contribution in [0.15, 0.2) is 16.8 Å². The van der Waals surface area contributed by atoms with Crippen molar-refractivity contribution in [3.8, 4) is 0 Å². The van der Waals surface area contributed by atoms with Crippen LogP contribution in [0, 0.1) is 5.41 Å². The Morgan fingerprint density at radius 3 is 2.59 bits per heavy atom. The number of carbonyl (C=O) groups is 1. The van der Waals surface area contributed by atoms with E-state index in [1.165, 1.54) is 5.56 Å². The van der Waals surface area contributed by atoms with Crippen LogP contribution in [0.25, 0.3) is 0 Å². The van der Waals surface area contributed by atoms with Crippen LogP contribution in [-0.2, 0) is 11.2 Å². The van der Waals surface area contributed by atoms with E-state index in [0.29, 0.717) is 6.54 Å². The van der Waals surface area contributed by atoms with Gasteiger partial charge < -0.3 is 15.2 Å². The summed E-state index contributed by atoms with van der Waals surface area (Å²) < 4.78 is 5.28. The normalized spacial score (nSPS) is 14.4. The molecule has 0 bridgehead atoms. The molecule has 0 saturated heterocycles. The molecular weight excluding hydrogens is 298 g/mol. The molecule has 4 nitrogen and oxygen atoms in total. The van der Waals surface area contributed by atoms with E-state index < -0.39 is 11.7 Å². The maximum Gasteiger partial charge on any atom is 0.407 e. The lowest BCUT2D eigenvalue weighted by Crippen LogP contribution is -2.42. The highest BCUT2D eigenvalue weighted by atomic mass is 32.1. The maximum atomic E-state index is 11.8. The zero-order chi connectivity index (χ0) is 16.6. The summed E-state index contributed by atoms with van der Waals surface area (Å²) in [5, 5.41) is 16.9. The summed E-state index contributed by atoms with van der Waals surface area (Å²) >= 11 is 1.68. The molecule has 0 aliphatic rings. The van der Waals surface area contributed by atoms with Gasteiger partial charge in [0, 0.05) is 12.0 Å². The van der Waals surface area contributed by atoms with Gasteiger partial charge in [-0.2, -0.15) is 11.3 Å². The molecule has 0 aromatic carbocycles. The Morgan fingerprint density at radius 2 is 2.09 bits per heavy atom. The summed E-state index contributed by atoms with van der Waals surface area (Å²) in [4.78, 5) is 11.8. The molecule has 0 radical (unpaired) electrons. The van der Waals surface area contributed by atoms with Crippen molar-refractivity contribution in [1.82, 2.24) is 5.32 Å². The summed E-state index contributed by atoms with van der Waals surface area (Å²) in [6.45, 7) is 8.14. The Bertz CT molecular complexity index is 439. The zero-order valence-electron chi connectivity index (χ0n) is 14.1. The van der Waals surface area contributed by atoms with Crippen molar-refractivity contribution in [1.29, 1.82) is 0 Å². The molecule has 2 N–H and O–H groups in total. The van der Waals surface area contributed by atoms with Gasteiger partial charge in [-0.1, -0.05) is 13.3 Å². The smallest absolute Gasteiger partial charge is 0.407 e. The molecule has 0 aliphatic carbocycles. The van der Waals surface area contributed by atoms with Gasteiger partial charge in [-0.15, -0.1) is 0 Å². The topological polar surface area (TPSA) is 58.6 Å². The molecular formula is C17H29NO3S. The fourth-order valence-corrected chi connectivity index (χ4v) is 3.17. The summed E-state index contributed by atoms with van der Waals surface area (Å²) in [6, 6.07) is 2.11. The van der Waals surface area contributed by atoms with Gasteiger partial charge in [0.1, 0.15) is 5.60 Å². The number of hydrogen-bond donors (Lipinski definition) is 2. The molecule has 0 saturated carbocycles. The quantitative estimate of drug-likeness (QED) is 0.759. The van der Waals surface area contributed by atoms with E-state index in [2.05, 4.69) is 29.1 Å². The largest absolute Gasteiger partial charge is 0.444 e. The number of rotatable bonds is 8. The number of thiophene rings is 1. The fraction of sp³-hybridized carbons (Fsp3) is 0.706. The molecule has 1 aromatic heterocycles. The molecule has 0 fully saturated rings. The monoisotopic (exact) mass is 327 g/mol. The fourth-order valence-electron chi connectivity index (χ4n) is 2.46. The molecule has 1 heterocycles. The Hall–Kier alpha value is -1.07. The minimum atomic E-state index is -0.507. The predicted molar refractivity (Wildman–Crippen MR) is 91.3 cm³/mol. The maximum absolute atomic E-state index is 11.8. The molecule has 126 valence electrons. The van der Waals surface area contributed by atoms with Gasteiger partial charge in [0.15, 0.2) is 0 Å². The minimum Gasteiger partial charge on any atom is -0.444 e. The average Bonchev–Trinajstić information content (AvgIpc) is 2.93. The predicted octanol–water partition coefficient (Wildman–Crippen LogP) is 3.98. The Balaban J connectivity index is 2.60. The Morgan fingerprint density at radius 1 is 1.36 bits per heavy atom. The highest BCUT2D eigenvalue weighted by Gasteiger charge is 2.29. The first-order valence-corrected chi connectivity index (χ1v) is 8.83. The third kappa shape index (κ3) is 6.79. The second kappa shape index (κ2) is 8.53. The van der Waals surface area contributed by atoms with E-state index in [1.54, 1.807) is 11.3 Å². The number of ether oxygens (including phenoxy) is 1. The number of hydrogen-bond acceptors (Lipinski definition) is 4. The van der Waals surface area contributed by atoms with Crippen molar-refractivity contribution in [2.75, 3.05) is 13.2 Å². The summed E-state index contributed by atoms with van der Waals surface area (Å²) in [5.74, 6) is 0. The van der Waals surface area contributed by atoms with E-state index in [9.17, 15) is 9.90 Å². The first-order valence-electron chi connectivity index (χ1n) is 7.89. The first-order chi connectivity index (χ1) is 10.3. The molecule has 1 unspecified atom stereocenters. The van der Waals surface area contributed by atoms with E-state index in [-0.39, 0.29) is 12.0 Å². The highest BCUT2D eigenvalue weighted by Crippen LogP contribution is 2.29. The minimum absolute atomic E-state index is 0.0702. The molecule has 1 atom stereocenters. The summed E-state index contributed by atoms with van der Waals surface area (Å²) in [7, 11) is 0. The van der Waals surface area contributed by atoms with Crippen molar-refractivity contribution in [3.05, 3.63) is 22.4 Å². The van der Waals surface area contributed by atoms with Gasteiger partial charge in [-0.3, -0.25) is 0 Å². The van der Waals surface area contributed by atoms with Gasteiger partial charge in [-0.05, 0) is 62.4 Å². The van der Waals surface area contributed by atoms with Crippen molar-refractivity contribution in [2.45, 2.75) is 59.0 Å². The van der Waals surface area contributed by atoms with Crippen LogP contribution in [-0.4, -0.2) is 30.0 Å². The summed E-state index contributed by atoms with van der Waals surface area (Å²) in [6.07, 6.45) is 3.20. The van der Waals surface area contributed by atoms with Gasteiger partial charge in [-0.25, -0.2) is 4.79 Å². The number of alkyl carbamates (subject to hydrolysis) is 1. The Labute approximate surface area is 137 Å². The highest BCUT2D eigenvalue weighted by molar-refractivity contribution is 7.07. The van der Waals surface area contributed by atoms with Gasteiger partial charge >= 0.3 is 6.09 Å². The zero-order valence-corrected chi connectivity index (χ0v) is 15.0. The molecule has 22 heavy (non-hydrogen) atoms. The lowest BCUT2D eigenvalue weighted by molar-refractivity contribution is 0.0445. The number of carbonyl (C=O) groups excluding carboxylic acids is 1. The van der Waals surface area contributed by atoms with Crippen LogP contribution in [0.2, 0.25) is 0 Å². The van der Waals surface area contributed by atoms with Crippen molar-refractivity contribution < 1.29 is 14.6 Å². The molecule has 1 amide bonds. The van der Waals surface area contributed by atoms with Gasteiger partial charge in [0.2, 0.25) is 0 Å². The van der Waals surface area contributed by atoms with Crippen LogP contribution < -0.4 is 5.32 Å². The number of aliphatic hydroxyl groups excluding tert-OH is 1. The molecule has 0 spiro atoms. The van der Waals surface area contributed by atoms with Crippen LogP contribution in [0.5, 0.6) is 0 Å². The van der Waals surface area contributed by atoms with Crippen molar-refractivity contribution in [2.24, 2.45) is 5.41 Å². The van der Waals surface area contributed by atoms with Crippen molar-refractivity contribution >= 4 is 17.4 Å². The number of aliphatic hydroxyl groups is 1. The van der Waals surface area contributed by atoms with Gasteiger partial charge in [0.25, 0.3) is 0 Å². The number of nitrogens with one attached hydrogen (secondary N) is 1. The summed E-state index contributed by atoms with van der Waals surface area (Å²) in [5.41, 5.74) is 0.497. The molecule has 5 heteroatoms. The van der Waals surface area contributed by atoms with Crippen LogP contribution >= 0.6 is 11.3 Å². The van der Waals surface area contributed by atoms with E-state index in [0.717, 1.165) is 25.7 Å². The Kier molecular flexibility index (Phi) is 7.36. The average molecular weight is 327 g/mol. The third-order valence-electron chi connectivity index (χ3n) is 3.65. The molecule has 1 aromatic rings. The van der Waals surface area contributed by atoms with E-state index in [1.807, 2.05) is 20.8 Å². The van der Waals surface area contributed by atoms with E-state index in [4.69, 9.17) is 4.74 Å². The SMILES string of the molecule is CCCC(CO)(CCc1ccsc1)CNC(=O)OC(C)(C)C. The van der Waals surface area contributed by atoms with E-state index >= 15 is 0 Å². The molecule has 0 aliphatic heterocycles. The van der Waals surface area contributed by atoms with Crippen LogP contribution in [0.4, 0.5) is 4.79 Å². The second-order valence-corrected chi connectivity index (χ2v) is 7.68. The lowest BCUT2D eigenvalue weighted by atomic mass is 9.79. The lowest BCUT2D eigenvalue weighted by Gasteiger charge is -2.32. The molecule has 1 rings (SSSR count).